The minimum Gasteiger partial charge on any atom is -0.393 e. The number of hydrogen-bond donors (Lipinski definition) is 2. The van der Waals surface area contributed by atoms with Gasteiger partial charge in [0.25, 0.3) is 0 Å². The average Bonchev–Trinajstić information content (AvgIpc) is 2.82. The van der Waals surface area contributed by atoms with Crippen molar-refractivity contribution in [3.8, 4) is 0 Å². The summed E-state index contributed by atoms with van der Waals surface area (Å²) in [5.74, 6) is 0.732. The highest BCUT2D eigenvalue weighted by Gasteiger charge is 2.33. The summed E-state index contributed by atoms with van der Waals surface area (Å²) in [6.07, 6.45) is 2.45. The van der Waals surface area contributed by atoms with Crippen LogP contribution in [0.25, 0.3) is 0 Å². The standard InChI is InChI=1S/C12H22N2O2/c1-2-9-8-14(6-4-11(9)15)12(16)10-3-5-13-7-10/h9-11,13,15H,2-8H2,1H3/t9-,10+,11+/m1/s1. The van der Waals surface area contributed by atoms with E-state index in [1.807, 2.05) is 4.90 Å². The fraction of sp³-hybridized carbons (Fsp3) is 0.917. The molecule has 0 unspecified atom stereocenters. The van der Waals surface area contributed by atoms with Crippen LogP contribution in [0.5, 0.6) is 0 Å². The molecule has 0 bridgehead atoms. The van der Waals surface area contributed by atoms with Crippen LogP contribution >= 0.6 is 0 Å². The van der Waals surface area contributed by atoms with Crippen molar-refractivity contribution in [1.29, 1.82) is 0 Å². The Bertz CT molecular complexity index is 251. The summed E-state index contributed by atoms with van der Waals surface area (Å²) in [6.45, 7) is 5.34. The molecule has 0 aliphatic carbocycles. The van der Waals surface area contributed by atoms with Gasteiger partial charge in [0.05, 0.1) is 12.0 Å². The zero-order chi connectivity index (χ0) is 11.5. The fourth-order valence-corrected chi connectivity index (χ4v) is 2.74. The van der Waals surface area contributed by atoms with E-state index in [1.54, 1.807) is 0 Å². The average molecular weight is 226 g/mol. The van der Waals surface area contributed by atoms with Gasteiger partial charge in [-0.2, -0.15) is 0 Å². The van der Waals surface area contributed by atoms with Crippen LogP contribution in [-0.4, -0.2) is 48.2 Å². The predicted octanol–water partition coefficient (Wildman–Crippen LogP) is 0.215. The van der Waals surface area contributed by atoms with Gasteiger partial charge in [0.15, 0.2) is 0 Å². The van der Waals surface area contributed by atoms with Gasteiger partial charge in [-0.1, -0.05) is 6.92 Å². The SMILES string of the molecule is CC[C@@H]1CN(C(=O)[C@H]2CCNC2)CC[C@@H]1O. The Kier molecular flexibility index (Phi) is 3.82. The number of nitrogens with one attached hydrogen (secondary N) is 1. The molecule has 2 saturated heterocycles. The van der Waals surface area contributed by atoms with Gasteiger partial charge >= 0.3 is 0 Å². The Balaban J connectivity index is 1.91. The summed E-state index contributed by atoms with van der Waals surface area (Å²) in [5, 5.41) is 13.0. The zero-order valence-corrected chi connectivity index (χ0v) is 9.98. The number of carbonyl (C=O) groups excluding carboxylic acids is 1. The molecule has 4 heteroatoms. The molecule has 1 amide bonds. The molecule has 2 N–H and O–H groups in total. The Labute approximate surface area is 97.0 Å². The molecular weight excluding hydrogens is 204 g/mol. The molecule has 0 aromatic rings. The van der Waals surface area contributed by atoms with E-state index in [-0.39, 0.29) is 23.8 Å². The first-order valence-corrected chi connectivity index (χ1v) is 6.40. The van der Waals surface area contributed by atoms with E-state index < -0.39 is 0 Å². The van der Waals surface area contributed by atoms with E-state index in [2.05, 4.69) is 12.2 Å². The second kappa shape index (κ2) is 5.15. The van der Waals surface area contributed by atoms with Crippen molar-refractivity contribution in [2.24, 2.45) is 11.8 Å². The lowest BCUT2D eigenvalue weighted by molar-refractivity contribution is -0.138. The predicted molar refractivity (Wildman–Crippen MR) is 62.0 cm³/mol. The van der Waals surface area contributed by atoms with Crippen LogP contribution in [0.4, 0.5) is 0 Å². The second-order valence-electron chi connectivity index (χ2n) is 5.00. The smallest absolute Gasteiger partial charge is 0.227 e. The lowest BCUT2D eigenvalue weighted by Crippen LogP contribution is -2.48. The highest BCUT2D eigenvalue weighted by Crippen LogP contribution is 2.22. The quantitative estimate of drug-likeness (QED) is 0.708. The molecule has 0 aromatic carbocycles. The summed E-state index contributed by atoms with van der Waals surface area (Å²) < 4.78 is 0. The van der Waals surface area contributed by atoms with Gasteiger partial charge in [-0.3, -0.25) is 4.79 Å². The summed E-state index contributed by atoms with van der Waals surface area (Å²) >= 11 is 0. The first kappa shape index (κ1) is 11.9. The number of rotatable bonds is 2. The highest BCUT2D eigenvalue weighted by atomic mass is 16.3. The third-order valence-corrected chi connectivity index (χ3v) is 3.94. The van der Waals surface area contributed by atoms with E-state index in [1.165, 1.54) is 0 Å². The van der Waals surface area contributed by atoms with Crippen molar-refractivity contribution in [3.63, 3.8) is 0 Å². The molecule has 4 nitrogen and oxygen atoms in total. The molecule has 2 aliphatic rings. The van der Waals surface area contributed by atoms with Gasteiger partial charge in [-0.05, 0) is 25.8 Å². The molecule has 2 heterocycles. The number of amides is 1. The fourth-order valence-electron chi connectivity index (χ4n) is 2.74. The van der Waals surface area contributed by atoms with Gasteiger partial charge < -0.3 is 15.3 Å². The second-order valence-corrected chi connectivity index (χ2v) is 5.00. The highest BCUT2D eigenvalue weighted by molar-refractivity contribution is 5.79. The summed E-state index contributed by atoms with van der Waals surface area (Å²) in [4.78, 5) is 14.1. The minimum atomic E-state index is -0.212. The Morgan fingerprint density at radius 3 is 2.94 bits per heavy atom. The van der Waals surface area contributed by atoms with Gasteiger partial charge in [-0.15, -0.1) is 0 Å². The maximum Gasteiger partial charge on any atom is 0.227 e. The van der Waals surface area contributed by atoms with Crippen LogP contribution in [0.2, 0.25) is 0 Å². The van der Waals surface area contributed by atoms with Crippen molar-refractivity contribution in [2.45, 2.75) is 32.3 Å². The number of aliphatic hydroxyl groups is 1. The lowest BCUT2D eigenvalue weighted by Gasteiger charge is -2.37. The number of likely N-dealkylation sites (tertiary alicyclic amines) is 1. The molecule has 0 radical (unpaired) electrons. The van der Waals surface area contributed by atoms with Crippen LogP contribution in [0.1, 0.15) is 26.2 Å². The molecule has 92 valence electrons. The number of hydrogen-bond acceptors (Lipinski definition) is 3. The maximum atomic E-state index is 12.2. The third-order valence-electron chi connectivity index (χ3n) is 3.94. The number of nitrogens with zero attached hydrogens (tertiary/aromatic N) is 1. The zero-order valence-electron chi connectivity index (χ0n) is 9.98. The molecule has 2 rings (SSSR count). The van der Waals surface area contributed by atoms with E-state index >= 15 is 0 Å². The van der Waals surface area contributed by atoms with E-state index in [4.69, 9.17) is 0 Å². The normalized spacial score (nSPS) is 35.4. The van der Waals surface area contributed by atoms with Crippen molar-refractivity contribution < 1.29 is 9.90 Å². The summed E-state index contributed by atoms with van der Waals surface area (Å²) in [5.41, 5.74) is 0. The minimum absolute atomic E-state index is 0.174. The van der Waals surface area contributed by atoms with Crippen molar-refractivity contribution in [3.05, 3.63) is 0 Å². The van der Waals surface area contributed by atoms with Crippen LogP contribution in [-0.2, 0) is 4.79 Å². The van der Waals surface area contributed by atoms with Crippen LogP contribution in [0.15, 0.2) is 0 Å². The number of aliphatic hydroxyl groups excluding tert-OH is 1. The van der Waals surface area contributed by atoms with Crippen molar-refractivity contribution in [2.75, 3.05) is 26.2 Å². The topological polar surface area (TPSA) is 52.6 Å². The molecule has 16 heavy (non-hydrogen) atoms. The van der Waals surface area contributed by atoms with Crippen molar-refractivity contribution in [1.82, 2.24) is 10.2 Å². The van der Waals surface area contributed by atoms with Gasteiger partial charge in [0.1, 0.15) is 0 Å². The third kappa shape index (κ3) is 2.38. The van der Waals surface area contributed by atoms with Gasteiger partial charge in [-0.25, -0.2) is 0 Å². The number of carbonyl (C=O) groups is 1. The molecule has 0 spiro atoms. The van der Waals surface area contributed by atoms with Crippen LogP contribution < -0.4 is 5.32 Å². The Morgan fingerprint density at radius 1 is 1.50 bits per heavy atom. The van der Waals surface area contributed by atoms with Crippen LogP contribution in [0.3, 0.4) is 0 Å². The molecular formula is C12H22N2O2. The van der Waals surface area contributed by atoms with Crippen LogP contribution in [0, 0.1) is 11.8 Å². The molecule has 0 saturated carbocycles. The van der Waals surface area contributed by atoms with Gasteiger partial charge in [0, 0.05) is 25.6 Å². The first-order valence-electron chi connectivity index (χ1n) is 6.40. The monoisotopic (exact) mass is 226 g/mol. The Morgan fingerprint density at radius 2 is 2.31 bits per heavy atom. The first-order chi connectivity index (χ1) is 7.72. The Hall–Kier alpha value is -0.610. The van der Waals surface area contributed by atoms with E-state index in [0.717, 1.165) is 45.4 Å². The van der Waals surface area contributed by atoms with E-state index in [9.17, 15) is 9.90 Å². The molecule has 0 aromatic heterocycles. The van der Waals surface area contributed by atoms with Gasteiger partial charge in [0.2, 0.25) is 5.91 Å². The molecule has 2 aliphatic heterocycles. The maximum absolute atomic E-state index is 12.2. The molecule has 3 atom stereocenters. The van der Waals surface area contributed by atoms with Crippen molar-refractivity contribution >= 4 is 5.91 Å². The largest absolute Gasteiger partial charge is 0.393 e. The summed E-state index contributed by atoms with van der Waals surface area (Å²) in [6, 6.07) is 0. The summed E-state index contributed by atoms with van der Waals surface area (Å²) in [7, 11) is 0. The van der Waals surface area contributed by atoms with E-state index in [0.29, 0.717) is 0 Å². The lowest BCUT2D eigenvalue weighted by atomic mass is 9.91. The number of piperidine rings is 1. The molecule has 2 fully saturated rings.